The molecule has 2 aromatic rings. The number of ketones is 1. The fraction of sp³-hybridized carbons (Fsp3) is 0.474. The maximum atomic E-state index is 13.1. The van der Waals surface area contributed by atoms with Crippen LogP contribution in [0.4, 0.5) is 0 Å². The van der Waals surface area contributed by atoms with Gasteiger partial charge in [0.2, 0.25) is 0 Å². The summed E-state index contributed by atoms with van der Waals surface area (Å²) in [6.45, 7) is 3.51. The Morgan fingerprint density at radius 3 is 2.70 bits per heavy atom. The summed E-state index contributed by atoms with van der Waals surface area (Å²) in [4.78, 5) is 20.0. The minimum atomic E-state index is 0.102. The molecule has 4 rings (SSSR count). The predicted octanol–water partition coefficient (Wildman–Crippen LogP) is 2.84. The van der Waals surface area contributed by atoms with E-state index in [0.717, 1.165) is 48.1 Å². The molecule has 0 aliphatic carbocycles. The number of fused-ring (bicyclic) bond motifs is 3. The van der Waals surface area contributed by atoms with Crippen molar-refractivity contribution in [1.29, 1.82) is 0 Å². The van der Waals surface area contributed by atoms with E-state index in [-0.39, 0.29) is 11.7 Å². The molecule has 0 radical (unpaired) electrons. The minimum absolute atomic E-state index is 0.102. The zero-order valence-corrected chi connectivity index (χ0v) is 13.7. The first kappa shape index (κ1) is 14.8. The number of carbonyl (C=O) groups excluding carboxylic acids is 1. The lowest BCUT2D eigenvalue weighted by Gasteiger charge is -2.46. The van der Waals surface area contributed by atoms with Crippen LogP contribution in [0.25, 0.3) is 10.9 Å². The Bertz CT molecular complexity index is 744. The summed E-state index contributed by atoms with van der Waals surface area (Å²) in [5.41, 5.74) is 2.79. The van der Waals surface area contributed by atoms with E-state index in [2.05, 4.69) is 16.9 Å². The Kier molecular flexibility index (Phi) is 3.66. The van der Waals surface area contributed by atoms with Crippen LogP contribution in [0.5, 0.6) is 0 Å². The van der Waals surface area contributed by atoms with Crippen molar-refractivity contribution in [2.75, 3.05) is 20.3 Å². The number of piperidine rings is 1. The van der Waals surface area contributed by atoms with E-state index in [9.17, 15) is 4.79 Å². The summed E-state index contributed by atoms with van der Waals surface area (Å²) >= 11 is 0. The Morgan fingerprint density at radius 1 is 1.22 bits per heavy atom. The molecule has 2 saturated heterocycles. The molecule has 0 N–H and O–H groups in total. The number of hydrogen-bond acceptors (Lipinski definition) is 4. The van der Waals surface area contributed by atoms with Gasteiger partial charge in [0.1, 0.15) is 0 Å². The lowest BCUT2D eigenvalue weighted by Crippen LogP contribution is -2.55. The highest BCUT2D eigenvalue weighted by molar-refractivity contribution is 6.03. The highest BCUT2D eigenvalue weighted by Crippen LogP contribution is 2.33. The monoisotopic (exact) mass is 310 g/mol. The number of morpholine rings is 1. The van der Waals surface area contributed by atoms with Gasteiger partial charge in [-0.3, -0.25) is 14.7 Å². The third kappa shape index (κ3) is 2.46. The largest absolute Gasteiger partial charge is 0.378 e. The number of benzene rings is 1. The maximum Gasteiger partial charge on any atom is 0.166 e. The third-order valence-corrected chi connectivity index (χ3v) is 5.55. The Morgan fingerprint density at radius 2 is 1.96 bits per heavy atom. The molecule has 2 aliphatic heterocycles. The molecule has 1 aromatic carbocycles. The predicted molar refractivity (Wildman–Crippen MR) is 89.7 cm³/mol. The second-order valence-corrected chi connectivity index (χ2v) is 6.86. The molecule has 0 saturated carbocycles. The van der Waals surface area contributed by atoms with Gasteiger partial charge in [0.25, 0.3) is 0 Å². The van der Waals surface area contributed by atoms with Gasteiger partial charge in [-0.1, -0.05) is 18.2 Å². The molecule has 4 heteroatoms. The van der Waals surface area contributed by atoms with Crippen LogP contribution in [-0.2, 0) is 4.74 Å². The molecule has 3 heterocycles. The van der Waals surface area contributed by atoms with E-state index in [1.807, 2.05) is 31.2 Å². The average molecular weight is 310 g/mol. The molecule has 1 aromatic heterocycles. The van der Waals surface area contributed by atoms with Crippen LogP contribution in [0.15, 0.2) is 30.5 Å². The Hall–Kier alpha value is -1.78. The normalized spacial score (nSPS) is 28.0. The summed E-state index contributed by atoms with van der Waals surface area (Å²) in [5, 5.41) is 1.09. The summed E-state index contributed by atoms with van der Waals surface area (Å²) < 4.78 is 5.66. The van der Waals surface area contributed by atoms with Crippen LogP contribution in [-0.4, -0.2) is 48.0 Å². The number of carbonyl (C=O) groups is 1. The van der Waals surface area contributed by atoms with E-state index in [1.54, 1.807) is 6.20 Å². The van der Waals surface area contributed by atoms with Crippen molar-refractivity contribution in [3.05, 3.63) is 41.6 Å². The quantitative estimate of drug-likeness (QED) is 0.800. The lowest BCUT2D eigenvalue weighted by atomic mass is 9.80. The molecular weight excluding hydrogens is 288 g/mol. The summed E-state index contributed by atoms with van der Waals surface area (Å²) in [5.74, 6) is 0.380. The third-order valence-electron chi connectivity index (χ3n) is 5.55. The lowest BCUT2D eigenvalue weighted by molar-refractivity contribution is -0.0702. The number of Topliss-reactive ketones (excluding diaryl/α,β-unsaturated/α-hetero) is 1. The smallest absolute Gasteiger partial charge is 0.166 e. The highest BCUT2D eigenvalue weighted by atomic mass is 16.5. The summed E-state index contributed by atoms with van der Waals surface area (Å²) in [6.07, 6.45) is 3.58. The van der Waals surface area contributed by atoms with E-state index in [1.165, 1.54) is 0 Å². The minimum Gasteiger partial charge on any atom is -0.378 e. The van der Waals surface area contributed by atoms with Gasteiger partial charge in [0.05, 0.1) is 18.7 Å². The molecule has 23 heavy (non-hydrogen) atoms. The van der Waals surface area contributed by atoms with Crippen molar-refractivity contribution in [1.82, 2.24) is 9.88 Å². The summed E-state index contributed by atoms with van der Waals surface area (Å²) in [7, 11) is 2.16. The first-order chi connectivity index (χ1) is 11.1. The number of ether oxygens (including phenoxy) is 1. The van der Waals surface area contributed by atoms with Gasteiger partial charge in [0.15, 0.2) is 5.78 Å². The molecule has 2 bridgehead atoms. The Balaban J connectivity index is 1.66. The molecule has 120 valence electrons. The first-order valence-corrected chi connectivity index (χ1v) is 8.33. The molecular formula is C19H22N2O2. The van der Waals surface area contributed by atoms with E-state index in [4.69, 9.17) is 4.74 Å². The van der Waals surface area contributed by atoms with Crippen molar-refractivity contribution in [3.63, 3.8) is 0 Å². The van der Waals surface area contributed by atoms with Crippen molar-refractivity contribution in [3.8, 4) is 0 Å². The second kappa shape index (κ2) is 5.69. The highest BCUT2D eigenvalue weighted by Gasteiger charge is 2.39. The van der Waals surface area contributed by atoms with Gasteiger partial charge in [-0.25, -0.2) is 0 Å². The topological polar surface area (TPSA) is 42.4 Å². The first-order valence-electron chi connectivity index (χ1n) is 8.33. The van der Waals surface area contributed by atoms with Gasteiger partial charge >= 0.3 is 0 Å². The maximum absolute atomic E-state index is 13.1. The van der Waals surface area contributed by atoms with E-state index >= 15 is 0 Å². The molecule has 2 aliphatic rings. The number of nitrogens with zero attached hydrogens (tertiary/aromatic N) is 2. The number of hydrogen-bond donors (Lipinski definition) is 0. The molecule has 0 amide bonds. The van der Waals surface area contributed by atoms with Crippen LogP contribution in [0.3, 0.4) is 0 Å². The second-order valence-electron chi connectivity index (χ2n) is 6.86. The van der Waals surface area contributed by atoms with Crippen molar-refractivity contribution in [2.24, 2.45) is 5.92 Å². The van der Waals surface area contributed by atoms with Crippen LogP contribution < -0.4 is 0 Å². The SMILES string of the molecule is Cc1c(C(=O)C2CC3COCC(C2)N3C)ccc2cccnc12. The number of pyridine rings is 1. The zero-order chi connectivity index (χ0) is 16.0. The number of likely N-dealkylation sites (N-methyl/N-ethyl adjacent to an activating group) is 1. The molecule has 2 unspecified atom stereocenters. The van der Waals surface area contributed by atoms with E-state index in [0.29, 0.717) is 12.1 Å². The molecule has 4 nitrogen and oxygen atoms in total. The van der Waals surface area contributed by atoms with Gasteiger partial charge in [-0.05, 0) is 38.4 Å². The van der Waals surface area contributed by atoms with Crippen molar-refractivity contribution in [2.45, 2.75) is 31.8 Å². The number of aromatic nitrogens is 1. The van der Waals surface area contributed by atoms with Crippen LogP contribution in [0.2, 0.25) is 0 Å². The fourth-order valence-corrected chi connectivity index (χ4v) is 4.09. The fourth-order valence-electron chi connectivity index (χ4n) is 4.09. The molecule has 0 spiro atoms. The molecule has 2 atom stereocenters. The van der Waals surface area contributed by atoms with Gasteiger partial charge in [-0.15, -0.1) is 0 Å². The van der Waals surface area contributed by atoms with Crippen LogP contribution in [0, 0.1) is 12.8 Å². The van der Waals surface area contributed by atoms with Crippen LogP contribution in [0.1, 0.15) is 28.8 Å². The standard InChI is InChI=1S/C19H22N2O2/c1-12-17(6-5-13-4-3-7-20-18(12)13)19(22)14-8-15-10-23-11-16(9-14)21(15)2/h3-7,14-16H,8-11H2,1-2H3. The Labute approximate surface area is 136 Å². The average Bonchev–Trinajstić information content (AvgIpc) is 2.55. The van der Waals surface area contributed by atoms with Crippen molar-refractivity contribution < 1.29 is 9.53 Å². The zero-order valence-electron chi connectivity index (χ0n) is 13.7. The number of aryl methyl sites for hydroxylation is 1. The van der Waals surface area contributed by atoms with E-state index < -0.39 is 0 Å². The molecule has 2 fully saturated rings. The van der Waals surface area contributed by atoms with Crippen LogP contribution >= 0.6 is 0 Å². The number of rotatable bonds is 2. The van der Waals surface area contributed by atoms with Crippen molar-refractivity contribution >= 4 is 16.7 Å². The van der Waals surface area contributed by atoms with Gasteiger partial charge < -0.3 is 4.74 Å². The van der Waals surface area contributed by atoms with Gasteiger partial charge in [-0.2, -0.15) is 0 Å². The summed E-state index contributed by atoms with van der Waals surface area (Å²) in [6, 6.07) is 8.71. The van der Waals surface area contributed by atoms with Gasteiger partial charge in [0, 0.05) is 35.1 Å².